The van der Waals surface area contributed by atoms with Crippen molar-refractivity contribution in [3.8, 4) is 0 Å². The molecule has 2 heterocycles. The number of nitrogens with one attached hydrogen (secondary N) is 2. The molecular formula is C19H24N2O4S. The summed E-state index contributed by atoms with van der Waals surface area (Å²) in [7, 11) is -3.54. The Morgan fingerprint density at radius 1 is 1.19 bits per heavy atom. The number of benzene rings is 1. The first-order valence-electron chi connectivity index (χ1n) is 8.73. The maximum absolute atomic E-state index is 12.6. The van der Waals surface area contributed by atoms with E-state index in [1.165, 1.54) is 6.26 Å². The van der Waals surface area contributed by atoms with Crippen LogP contribution in [0.25, 0.3) is 0 Å². The van der Waals surface area contributed by atoms with E-state index in [1.54, 1.807) is 36.4 Å². The number of rotatable bonds is 6. The highest BCUT2D eigenvalue weighted by molar-refractivity contribution is 7.90. The van der Waals surface area contributed by atoms with Crippen molar-refractivity contribution < 1.29 is 17.6 Å². The van der Waals surface area contributed by atoms with Crippen LogP contribution in [0.2, 0.25) is 0 Å². The predicted molar refractivity (Wildman–Crippen MR) is 98.6 cm³/mol. The number of carbonyl (C=O) groups is 1. The summed E-state index contributed by atoms with van der Waals surface area (Å²) in [5.41, 5.74) is 0.422. The Bertz CT molecular complexity index is 853. The maximum atomic E-state index is 12.6. The molecule has 0 aliphatic carbocycles. The topological polar surface area (TPSA) is 88.4 Å². The Labute approximate surface area is 153 Å². The van der Waals surface area contributed by atoms with Gasteiger partial charge in [-0.25, -0.2) is 8.42 Å². The Morgan fingerprint density at radius 3 is 2.58 bits per heavy atom. The van der Waals surface area contributed by atoms with Crippen LogP contribution in [0.1, 0.15) is 35.9 Å². The molecule has 3 rings (SSSR count). The van der Waals surface area contributed by atoms with E-state index in [4.69, 9.17) is 4.42 Å². The fraction of sp³-hybridized carbons (Fsp3) is 0.421. The number of hydrogen-bond acceptors (Lipinski definition) is 5. The van der Waals surface area contributed by atoms with Crippen LogP contribution < -0.4 is 10.6 Å². The van der Waals surface area contributed by atoms with E-state index >= 15 is 0 Å². The highest BCUT2D eigenvalue weighted by Gasteiger charge is 2.28. The molecule has 0 radical (unpaired) electrons. The Kier molecular flexibility index (Phi) is 5.48. The Morgan fingerprint density at radius 2 is 1.88 bits per heavy atom. The minimum atomic E-state index is -3.54. The molecule has 1 aliphatic rings. The van der Waals surface area contributed by atoms with Gasteiger partial charge < -0.3 is 15.1 Å². The summed E-state index contributed by atoms with van der Waals surface area (Å²) in [5.74, 6) is -0.563. The number of amides is 1. The van der Waals surface area contributed by atoms with Gasteiger partial charge in [0, 0.05) is 12.1 Å². The quantitative estimate of drug-likeness (QED) is 0.808. The lowest BCUT2D eigenvalue weighted by Gasteiger charge is -2.34. The molecule has 140 valence electrons. The van der Waals surface area contributed by atoms with Gasteiger partial charge in [0.15, 0.2) is 15.6 Å². The van der Waals surface area contributed by atoms with Crippen LogP contribution in [0.5, 0.6) is 0 Å². The van der Waals surface area contributed by atoms with Crippen LogP contribution in [0.4, 0.5) is 0 Å². The van der Waals surface area contributed by atoms with Crippen molar-refractivity contribution >= 4 is 15.7 Å². The van der Waals surface area contributed by atoms with Crippen LogP contribution in [0.3, 0.4) is 0 Å². The third kappa shape index (κ3) is 4.34. The van der Waals surface area contributed by atoms with Gasteiger partial charge in [-0.2, -0.15) is 0 Å². The number of carbonyl (C=O) groups excluding carboxylic acids is 1. The lowest BCUT2D eigenvalue weighted by molar-refractivity contribution is 0.0893. The standard InChI is InChI=1S/C19H24N2O4S/c1-19(8-10-20-11-9-19)14-21-18(22)17-15(7-12-25-17)13-26(23,24)16-5-3-2-4-6-16/h2-7,12,20H,8-11,13-14H2,1H3,(H,21,22). The summed E-state index contributed by atoms with van der Waals surface area (Å²) in [6.07, 6.45) is 3.33. The molecule has 26 heavy (non-hydrogen) atoms. The minimum Gasteiger partial charge on any atom is -0.459 e. The first-order valence-corrected chi connectivity index (χ1v) is 10.4. The van der Waals surface area contributed by atoms with E-state index in [0.29, 0.717) is 12.1 Å². The van der Waals surface area contributed by atoms with Crippen molar-refractivity contribution in [3.63, 3.8) is 0 Å². The van der Waals surface area contributed by atoms with Crippen LogP contribution in [-0.4, -0.2) is 34.0 Å². The second kappa shape index (κ2) is 7.63. The van der Waals surface area contributed by atoms with Gasteiger partial charge >= 0.3 is 0 Å². The van der Waals surface area contributed by atoms with Gasteiger partial charge in [-0.15, -0.1) is 0 Å². The third-order valence-electron chi connectivity index (χ3n) is 4.89. The molecule has 0 unspecified atom stereocenters. The summed E-state index contributed by atoms with van der Waals surface area (Å²) in [4.78, 5) is 12.7. The summed E-state index contributed by atoms with van der Waals surface area (Å²) < 4.78 is 30.4. The average molecular weight is 376 g/mol. The normalized spacial score (nSPS) is 17.0. The van der Waals surface area contributed by atoms with Crippen LogP contribution in [-0.2, 0) is 15.6 Å². The van der Waals surface area contributed by atoms with Gasteiger partial charge in [0.25, 0.3) is 5.91 Å². The summed E-state index contributed by atoms with van der Waals surface area (Å²) in [6.45, 7) is 4.57. The van der Waals surface area contributed by atoms with Crippen LogP contribution >= 0.6 is 0 Å². The van der Waals surface area contributed by atoms with Crippen molar-refractivity contribution in [2.45, 2.75) is 30.4 Å². The first kappa shape index (κ1) is 18.7. The zero-order valence-electron chi connectivity index (χ0n) is 14.8. The van der Waals surface area contributed by atoms with Gasteiger partial charge in [-0.05, 0) is 49.5 Å². The minimum absolute atomic E-state index is 0.0454. The van der Waals surface area contributed by atoms with E-state index in [-0.39, 0.29) is 27.7 Å². The third-order valence-corrected chi connectivity index (χ3v) is 6.57. The molecule has 0 saturated carbocycles. The molecule has 1 aromatic carbocycles. The van der Waals surface area contributed by atoms with E-state index in [1.807, 2.05) is 0 Å². The lowest BCUT2D eigenvalue weighted by Crippen LogP contribution is -2.43. The van der Waals surface area contributed by atoms with Gasteiger partial charge in [0.1, 0.15) is 0 Å². The SMILES string of the molecule is CC1(CNC(=O)c2occc2CS(=O)(=O)c2ccccc2)CCNCC1. The Balaban J connectivity index is 1.69. The zero-order valence-corrected chi connectivity index (χ0v) is 15.6. The van der Waals surface area contributed by atoms with Crippen molar-refractivity contribution in [2.75, 3.05) is 19.6 Å². The van der Waals surface area contributed by atoms with Crippen LogP contribution in [0, 0.1) is 5.41 Å². The molecule has 2 aromatic rings. The Hall–Kier alpha value is -2.12. The number of hydrogen-bond donors (Lipinski definition) is 2. The van der Waals surface area contributed by atoms with E-state index in [9.17, 15) is 13.2 Å². The summed E-state index contributed by atoms with van der Waals surface area (Å²) in [5, 5.41) is 6.21. The van der Waals surface area contributed by atoms with Gasteiger partial charge in [0.2, 0.25) is 0 Å². The zero-order chi connectivity index (χ0) is 18.6. The second-order valence-electron chi connectivity index (χ2n) is 7.09. The predicted octanol–water partition coefficient (Wildman–Crippen LogP) is 2.37. The lowest BCUT2D eigenvalue weighted by atomic mass is 9.81. The first-order chi connectivity index (χ1) is 12.4. The van der Waals surface area contributed by atoms with Crippen molar-refractivity contribution in [1.29, 1.82) is 0 Å². The largest absolute Gasteiger partial charge is 0.459 e. The molecule has 0 spiro atoms. The summed E-state index contributed by atoms with van der Waals surface area (Å²) in [6, 6.07) is 9.75. The molecule has 0 bridgehead atoms. The number of piperidine rings is 1. The van der Waals surface area contributed by atoms with Gasteiger partial charge in [-0.1, -0.05) is 25.1 Å². The molecule has 1 saturated heterocycles. The van der Waals surface area contributed by atoms with Gasteiger partial charge in [0.05, 0.1) is 16.9 Å². The molecule has 6 nitrogen and oxygen atoms in total. The van der Waals surface area contributed by atoms with E-state index in [0.717, 1.165) is 25.9 Å². The smallest absolute Gasteiger partial charge is 0.287 e. The van der Waals surface area contributed by atoms with Crippen LogP contribution in [0.15, 0.2) is 52.0 Å². The fourth-order valence-corrected chi connectivity index (χ4v) is 4.52. The number of furan rings is 1. The molecule has 1 amide bonds. The molecule has 0 atom stereocenters. The van der Waals surface area contributed by atoms with Crippen molar-refractivity contribution in [1.82, 2.24) is 10.6 Å². The number of sulfone groups is 1. The van der Waals surface area contributed by atoms with Gasteiger partial charge in [-0.3, -0.25) is 4.79 Å². The average Bonchev–Trinajstić information content (AvgIpc) is 3.09. The molecule has 1 fully saturated rings. The molecular weight excluding hydrogens is 352 g/mol. The fourth-order valence-electron chi connectivity index (χ4n) is 3.15. The highest BCUT2D eigenvalue weighted by Crippen LogP contribution is 2.27. The second-order valence-corrected chi connectivity index (χ2v) is 9.08. The highest BCUT2D eigenvalue weighted by atomic mass is 32.2. The maximum Gasteiger partial charge on any atom is 0.287 e. The molecule has 1 aromatic heterocycles. The van der Waals surface area contributed by atoms with E-state index in [2.05, 4.69) is 17.6 Å². The molecule has 1 aliphatic heterocycles. The van der Waals surface area contributed by atoms with E-state index < -0.39 is 9.84 Å². The van der Waals surface area contributed by atoms with Crippen molar-refractivity contribution in [3.05, 3.63) is 54.0 Å². The summed E-state index contributed by atoms with van der Waals surface area (Å²) >= 11 is 0. The molecule has 2 N–H and O–H groups in total. The van der Waals surface area contributed by atoms with Crippen molar-refractivity contribution in [2.24, 2.45) is 5.41 Å². The molecule has 7 heteroatoms. The monoisotopic (exact) mass is 376 g/mol.